The molecule has 2 atom stereocenters. The number of pyridine rings is 1. The molecule has 1 aliphatic heterocycles. The number of carbonyl (C=O) groups excluding carboxylic acids is 1. The second-order valence-corrected chi connectivity index (χ2v) is 13.5. The molecule has 0 spiro atoms. The zero-order valence-corrected chi connectivity index (χ0v) is 25.1. The predicted octanol–water partition coefficient (Wildman–Crippen LogP) is 5.85. The van der Waals surface area contributed by atoms with Gasteiger partial charge in [-0.15, -0.1) is 0 Å². The number of fused-ring (bicyclic) bond motifs is 2. The fourth-order valence-electron chi connectivity index (χ4n) is 6.95. The van der Waals surface area contributed by atoms with Crippen molar-refractivity contribution in [2.45, 2.75) is 69.7 Å². The molecule has 2 fully saturated rings. The second kappa shape index (κ2) is 11.5. The Hall–Kier alpha value is -3.35. The summed E-state index contributed by atoms with van der Waals surface area (Å²) in [5.74, 6) is -0.727. The van der Waals surface area contributed by atoms with E-state index in [2.05, 4.69) is 25.4 Å². The van der Waals surface area contributed by atoms with Crippen LogP contribution in [0.3, 0.4) is 0 Å². The van der Waals surface area contributed by atoms with Gasteiger partial charge < -0.3 is 15.3 Å². The van der Waals surface area contributed by atoms with Crippen LogP contribution in [-0.2, 0) is 12.8 Å². The number of nitrogens with zero attached hydrogens (tertiary/aromatic N) is 4. The van der Waals surface area contributed by atoms with E-state index in [1.54, 1.807) is 6.20 Å². The van der Waals surface area contributed by atoms with Crippen molar-refractivity contribution in [1.82, 2.24) is 30.4 Å². The lowest BCUT2D eigenvalue weighted by molar-refractivity contribution is -0.204. The van der Waals surface area contributed by atoms with E-state index in [1.807, 2.05) is 36.5 Å². The molecule has 0 bridgehead atoms. The van der Waals surface area contributed by atoms with Crippen LogP contribution < -0.4 is 5.32 Å². The van der Waals surface area contributed by atoms with E-state index in [0.29, 0.717) is 41.0 Å². The molecule has 44 heavy (non-hydrogen) atoms. The van der Waals surface area contributed by atoms with Crippen molar-refractivity contribution >= 4 is 27.6 Å². The van der Waals surface area contributed by atoms with Crippen LogP contribution in [0.15, 0.2) is 42.7 Å². The van der Waals surface area contributed by atoms with Gasteiger partial charge in [0.2, 0.25) is 0 Å². The predicted molar refractivity (Wildman–Crippen MR) is 161 cm³/mol. The molecule has 7 rings (SSSR count). The molecule has 3 aromatic heterocycles. The lowest BCUT2D eigenvalue weighted by Gasteiger charge is -2.32. The average molecular weight is 625 g/mol. The third-order valence-corrected chi connectivity index (χ3v) is 10.8. The summed E-state index contributed by atoms with van der Waals surface area (Å²) in [4.78, 5) is 25.9. The third kappa shape index (κ3) is 5.75. The summed E-state index contributed by atoms with van der Waals surface area (Å²) in [6.07, 6.45) is 3.11. The molecule has 4 heterocycles. The third-order valence-electron chi connectivity index (χ3n) is 9.82. The molecule has 0 radical (unpaired) electrons. The molecular formula is C32H35F3N6O2S. The summed E-state index contributed by atoms with van der Waals surface area (Å²) in [5.41, 5.74) is 3.63. The Morgan fingerprint density at radius 1 is 1.14 bits per heavy atom. The first-order chi connectivity index (χ1) is 21.2. The number of aliphatic hydroxyl groups excluding tert-OH is 1. The molecule has 1 unspecified atom stereocenters. The maximum atomic E-state index is 13.8. The summed E-state index contributed by atoms with van der Waals surface area (Å²) >= 11 is 1.22. The van der Waals surface area contributed by atoms with Crippen LogP contribution >= 0.6 is 11.3 Å². The summed E-state index contributed by atoms with van der Waals surface area (Å²) < 4.78 is 41.4. The lowest BCUT2D eigenvalue weighted by atomic mass is 9.76. The van der Waals surface area contributed by atoms with Crippen LogP contribution in [-0.4, -0.2) is 68.0 Å². The lowest BCUT2D eigenvalue weighted by Crippen LogP contribution is -2.38. The molecule has 3 aliphatic rings. The Balaban J connectivity index is 1.09. The number of aryl methyl sites for hydroxylation is 1. The molecular weight excluding hydrogens is 589 g/mol. The maximum absolute atomic E-state index is 13.8. The summed E-state index contributed by atoms with van der Waals surface area (Å²) in [5, 5.41) is 20.2. The molecule has 1 amide bonds. The zero-order chi connectivity index (χ0) is 30.5. The number of aromatic amines is 1. The van der Waals surface area contributed by atoms with Gasteiger partial charge in [0.15, 0.2) is 5.01 Å². The highest BCUT2D eigenvalue weighted by atomic mass is 32.1. The topological polar surface area (TPSA) is 107 Å². The van der Waals surface area contributed by atoms with Crippen molar-refractivity contribution in [1.29, 1.82) is 0 Å². The van der Waals surface area contributed by atoms with Gasteiger partial charge in [-0.25, -0.2) is 9.97 Å². The molecule has 3 N–H and O–H groups in total. The molecule has 4 aromatic rings. The monoisotopic (exact) mass is 624 g/mol. The van der Waals surface area contributed by atoms with Gasteiger partial charge in [-0.3, -0.25) is 9.89 Å². The standard InChI is InChI=1S/C32H35F3N6O2S/c33-32(34,35)31(10-11-31)23-5-6-25-21(15-23)16-27-29(39-25)44-30(40-27)28(43)38-26(9-14-41-12-7-24(42)8-13-41)20-3-1-19(2-4-20)22-17-36-37-18-22/h1-4,16-18,23-24,26,42H,5-15H2,(H,36,37)(H,38,43)/t23?,26-/m1/s1. The number of halogens is 3. The number of hydrogen-bond donors (Lipinski definition) is 3. The Morgan fingerprint density at radius 3 is 2.59 bits per heavy atom. The number of nitrogens with one attached hydrogen (secondary N) is 2. The number of H-pyrrole nitrogens is 1. The van der Waals surface area contributed by atoms with E-state index < -0.39 is 17.5 Å². The summed E-state index contributed by atoms with van der Waals surface area (Å²) in [6.45, 7) is 2.41. The molecule has 8 nitrogen and oxygen atoms in total. The Bertz CT molecular complexity index is 1630. The van der Waals surface area contributed by atoms with Crippen molar-refractivity contribution in [2.24, 2.45) is 11.3 Å². The van der Waals surface area contributed by atoms with Crippen LogP contribution in [0.4, 0.5) is 13.2 Å². The molecule has 232 valence electrons. The van der Waals surface area contributed by atoms with E-state index >= 15 is 0 Å². The first-order valence-electron chi connectivity index (χ1n) is 15.3. The molecule has 12 heteroatoms. The summed E-state index contributed by atoms with van der Waals surface area (Å²) in [6, 6.07) is 9.65. The van der Waals surface area contributed by atoms with Crippen molar-refractivity contribution in [3.05, 3.63) is 64.6 Å². The highest BCUT2D eigenvalue weighted by Crippen LogP contribution is 2.64. The van der Waals surface area contributed by atoms with Gasteiger partial charge in [0, 0.05) is 37.1 Å². The second-order valence-electron chi connectivity index (χ2n) is 12.5. The van der Waals surface area contributed by atoms with E-state index in [-0.39, 0.29) is 30.9 Å². The van der Waals surface area contributed by atoms with Gasteiger partial charge in [-0.2, -0.15) is 18.3 Å². The van der Waals surface area contributed by atoms with Crippen LogP contribution in [0.1, 0.15) is 71.2 Å². The zero-order valence-electron chi connectivity index (χ0n) is 24.2. The van der Waals surface area contributed by atoms with E-state index in [0.717, 1.165) is 60.4 Å². The van der Waals surface area contributed by atoms with Crippen LogP contribution in [0.2, 0.25) is 0 Å². The van der Waals surface area contributed by atoms with E-state index in [4.69, 9.17) is 4.98 Å². The Kier molecular flexibility index (Phi) is 7.70. The van der Waals surface area contributed by atoms with Crippen LogP contribution in [0.25, 0.3) is 21.5 Å². The van der Waals surface area contributed by atoms with Crippen LogP contribution in [0, 0.1) is 11.3 Å². The highest BCUT2D eigenvalue weighted by Gasteiger charge is 2.66. The summed E-state index contributed by atoms with van der Waals surface area (Å²) in [7, 11) is 0. The normalized spacial score (nSPS) is 21.2. The maximum Gasteiger partial charge on any atom is 0.394 e. The Labute approximate surface area is 257 Å². The number of aliphatic hydroxyl groups is 1. The number of carbonyl (C=O) groups is 1. The number of benzene rings is 1. The van der Waals surface area contributed by atoms with Crippen molar-refractivity contribution in [3.8, 4) is 11.1 Å². The molecule has 1 saturated carbocycles. The van der Waals surface area contributed by atoms with Crippen molar-refractivity contribution in [2.75, 3.05) is 19.6 Å². The van der Waals surface area contributed by atoms with Gasteiger partial charge in [0.05, 0.1) is 23.8 Å². The van der Waals surface area contributed by atoms with E-state index in [1.165, 1.54) is 11.3 Å². The minimum absolute atomic E-state index is 0.208. The molecule has 2 aliphatic carbocycles. The minimum Gasteiger partial charge on any atom is -0.393 e. The number of alkyl halides is 3. The van der Waals surface area contributed by atoms with Gasteiger partial charge in [-0.1, -0.05) is 35.6 Å². The van der Waals surface area contributed by atoms with Gasteiger partial charge in [0.25, 0.3) is 5.91 Å². The quantitative estimate of drug-likeness (QED) is 0.227. The first-order valence-corrected chi connectivity index (χ1v) is 16.2. The van der Waals surface area contributed by atoms with Crippen molar-refractivity contribution in [3.63, 3.8) is 0 Å². The Morgan fingerprint density at radius 2 is 1.91 bits per heavy atom. The first kappa shape index (κ1) is 29.4. The largest absolute Gasteiger partial charge is 0.394 e. The minimum atomic E-state index is -4.18. The number of hydrogen-bond acceptors (Lipinski definition) is 7. The van der Waals surface area contributed by atoms with Gasteiger partial charge in [-0.05, 0) is 80.0 Å². The number of likely N-dealkylation sites (tertiary alicyclic amines) is 1. The number of piperidine rings is 1. The fourth-order valence-corrected chi connectivity index (χ4v) is 7.80. The average Bonchev–Trinajstić information content (AvgIpc) is 3.47. The molecule has 1 saturated heterocycles. The number of amides is 1. The number of thiazole rings is 1. The van der Waals surface area contributed by atoms with Gasteiger partial charge in [0.1, 0.15) is 10.3 Å². The fraction of sp³-hybridized carbons (Fsp3) is 0.500. The number of aromatic nitrogens is 4. The number of rotatable bonds is 8. The van der Waals surface area contributed by atoms with E-state index in [9.17, 15) is 23.1 Å². The molecule has 1 aromatic carbocycles. The van der Waals surface area contributed by atoms with Crippen LogP contribution in [0.5, 0.6) is 0 Å². The van der Waals surface area contributed by atoms with Gasteiger partial charge >= 0.3 is 6.18 Å². The smallest absolute Gasteiger partial charge is 0.393 e. The highest BCUT2D eigenvalue weighted by molar-refractivity contribution is 7.19. The van der Waals surface area contributed by atoms with Crippen molar-refractivity contribution < 1.29 is 23.1 Å². The SMILES string of the molecule is O=C(N[C@H](CCN1CCC(O)CC1)c1ccc(-c2cn[nH]c2)cc1)c1nc2cc3c(nc2s1)CCC(C1(C(F)(F)F)CC1)C3.